The van der Waals surface area contributed by atoms with Crippen LogP contribution in [0.15, 0.2) is 18.2 Å². The smallest absolute Gasteiger partial charge is 0.120 e. The van der Waals surface area contributed by atoms with E-state index < -0.39 is 0 Å². The summed E-state index contributed by atoms with van der Waals surface area (Å²) in [5.74, 6) is 2.16. The van der Waals surface area contributed by atoms with Gasteiger partial charge in [-0.25, -0.2) is 0 Å². The first-order chi connectivity index (χ1) is 8.65. The number of ether oxygens (including phenoxy) is 1. The lowest BCUT2D eigenvalue weighted by Crippen LogP contribution is -2.15. The number of hydrogen-bond acceptors (Lipinski definition) is 2. The zero-order valence-corrected chi connectivity index (χ0v) is 12.1. The highest BCUT2D eigenvalue weighted by Gasteiger charge is 2.17. The van der Waals surface area contributed by atoms with E-state index in [9.17, 15) is 0 Å². The van der Waals surface area contributed by atoms with E-state index in [4.69, 9.17) is 27.9 Å². The fraction of sp³-hybridized carbons (Fsp3) is 0.571. The molecular formula is C14H19Cl2NO. The Labute approximate surface area is 119 Å². The van der Waals surface area contributed by atoms with Crippen molar-refractivity contribution in [3.05, 3.63) is 28.2 Å². The van der Waals surface area contributed by atoms with Gasteiger partial charge in [-0.3, -0.25) is 0 Å². The molecule has 0 saturated carbocycles. The van der Waals surface area contributed by atoms with Gasteiger partial charge in [0.1, 0.15) is 5.75 Å². The number of halogens is 2. The molecule has 4 heteroatoms. The topological polar surface area (TPSA) is 21.3 Å². The third kappa shape index (κ3) is 4.04. The molecule has 0 aliphatic carbocycles. The lowest BCUT2D eigenvalue weighted by molar-refractivity contribution is 0.235. The van der Waals surface area contributed by atoms with Crippen molar-refractivity contribution in [3.63, 3.8) is 0 Å². The van der Waals surface area contributed by atoms with Crippen LogP contribution in [0.5, 0.6) is 5.75 Å². The van der Waals surface area contributed by atoms with Gasteiger partial charge in [0.15, 0.2) is 0 Å². The highest BCUT2D eigenvalue weighted by molar-refractivity contribution is 6.42. The molecule has 18 heavy (non-hydrogen) atoms. The molecule has 2 rings (SSSR count). The van der Waals surface area contributed by atoms with Crippen LogP contribution in [0.1, 0.15) is 19.8 Å². The highest BCUT2D eigenvalue weighted by atomic mass is 35.5. The fourth-order valence-corrected chi connectivity index (χ4v) is 2.65. The molecule has 0 unspecified atom stereocenters. The van der Waals surface area contributed by atoms with Gasteiger partial charge in [0.2, 0.25) is 0 Å². The molecule has 2 atom stereocenters. The second-order valence-electron chi connectivity index (χ2n) is 5.09. The van der Waals surface area contributed by atoms with Gasteiger partial charge in [0, 0.05) is 6.07 Å². The Morgan fingerprint density at radius 2 is 2.22 bits per heavy atom. The normalized spacial score (nSPS) is 20.9. The summed E-state index contributed by atoms with van der Waals surface area (Å²) in [4.78, 5) is 0. The van der Waals surface area contributed by atoms with Gasteiger partial charge in [0.05, 0.1) is 16.7 Å². The maximum atomic E-state index is 5.95. The van der Waals surface area contributed by atoms with Crippen LogP contribution in [0, 0.1) is 11.8 Å². The van der Waals surface area contributed by atoms with Gasteiger partial charge >= 0.3 is 0 Å². The van der Waals surface area contributed by atoms with Crippen molar-refractivity contribution in [1.82, 2.24) is 5.32 Å². The van der Waals surface area contributed by atoms with E-state index in [1.807, 2.05) is 6.07 Å². The van der Waals surface area contributed by atoms with Crippen molar-refractivity contribution in [1.29, 1.82) is 0 Å². The lowest BCUT2D eigenvalue weighted by Gasteiger charge is -2.16. The summed E-state index contributed by atoms with van der Waals surface area (Å²) in [6.07, 6.45) is 2.51. The molecule has 1 aromatic carbocycles. The predicted molar refractivity (Wildman–Crippen MR) is 76.7 cm³/mol. The molecule has 1 aromatic rings. The van der Waals surface area contributed by atoms with Gasteiger partial charge in [-0.1, -0.05) is 30.1 Å². The number of benzene rings is 1. The summed E-state index contributed by atoms with van der Waals surface area (Å²) in [7, 11) is 0. The molecule has 0 aromatic heterocycles. The van der Waals surface area contributed by atoms with Crippen molar-refractivity contribution in [2.75, 3.05) is 19.7 Å². The molecule has 1 fully saturated rings. The summed E-state index contributed by atoms with van der Waals surface area (Å²) < 4.78 is 5.75. The molecule has 1 heterocycles. The monoisotopic (exact) mass is 287 g/mol. The maximum absolute atomic E-state index is 5.95. The Hall–Kier alpha value is -0.440. The first-order valence-electron chi connectivity index (χ1n) is 6.43. The fourth-order valence-electron chi connectivity index (χ4n) is 2.36. The van der Waals surface area contributed by atoms with Crippen LogP contribution in [0.25, 0.3) is 0 Å². The maximum Gasteiger partial charge on any atom is 0.120 e. The van der Waals surface area contributed by atoms with Crippen LogP contribution in [0.2, 0.25) is 10.0 Å². The van der Waals surface area contributed by atoms with Crippen LogP contribution in [0.4, 0.5) is 0 Å². The average Bonchev–Trinajstić information content (AvgIpc) is 2.83. The molecule has 1 N–H and O–H groups in total. The highest BCUT2D eigenvalue weighted by Crippen LogP contribution is 2.27. The minimum absolute atomic E-state index is 0.543. The molecule has 1 saturated heterocycles. The summed E-state index contributed by atoms with van der Waals surface area (Å²) in [6, 6.07) is 5.40. The summed E-state index contributed by atoms with van der Waals surface area (Å²) in [5, 5.41) is 4.50. The minimum Gasteiger partial charge on any atom is -0.493 e. The molecule has 0 bridgehead atoms. The van der Waals surface area contributed by atoms with Crippen LogP contribution < -0.4 is 10.1 Å². The van der Waals surface area contributed by atoms with E-state index in [0.29, 0.717) is 16.0 Å². The van der Waals surface area contributed by atoms with Gasteiger partial charge in [0.25, 0.3) is 0 Å². The molecule has 2 nitrogen and oxygen atoms in total. The molecule has 0 radical (unpaired) electrons. The summed E-state index contributed by atoms with van der Waals surface area (Å²) in [6.45, 7) is 5.27. The van der Waals surface area contributed by atoms with Crippen molar-refractivity contribution >= 4 is 23.2 Å². The quantitative estimate of drug-likeness (QED) is 0.884. The van der Waals surface area contributed by atoms with Gasteiger partial charge in [-0.05, 0) is 49.9 Å². The Morgan fingerprint density at radius 1 is 1.39 bits per heavy atom. The van der Waals surface area contributed by atoms with Gasteiger partial charge in [-0.15, -0.1) is 0 Å². The van der Waals surface area contributed by atoms with E-state index in [1.54, 1.807) is 12.1 Å². The van der Waals surface area contributed by atoms with E-state index in [2.05, 4.69) is 12.2 Å². The largest absolute Gasteiger partial charge is 0.493 e. The number of hydrogen-bond donors (Lipinski definition) is 1. The van der Waals surface area contributed by atoms with Crippen LogP contribution in [0.3, 0.4) is 0 Å². The van der Waals surface area contributed by atoms with E-state index in [1.165, 1.54) is 12.8 Å². The molecule has 0 amide bonds. The first-order valence-corrected chi connectivity index (χ1v) is 7.19. The van der Waals surface area contributed by atoms with Crippen LogP contribution >= 0.6 is 23.2 Å². The third-order valence-electron chi connectivity index (χ3n) is 3.32. The standard InChI is InChI=1S/C14H19Cl2NO/c1-10(6-11-4-5-17-8-11)9-18-12-2-3-13(15)14(16)7-12/h2-3,7,10-11,17H,4-6,8-9H2,1H3/t10-,11+/m1/s1. The van der Waals surface area contributed by atoms with E-state index >= 15 is 0 Å². The Kier molecular flexibility index (Phi) is 5.16. The molecular weight excluding hydrogens is 269 g/mol. The zero-order valence-electron chi connectivity index (χ0n) is 10.6. The Balaban J connectivity index is 1.77. The Bertz CT molecular complexity index is 391. The lowest BCUT2D eigenvalue weighted by atomic mass is 9.96. The summed E-state index contributed by atoms with van der Waals surface area (Å²) in [5.41, 5.74) is 0. The molecule has 1 aliphatic rings. The predicted octanol–water partition coefficient (Wildman–Crippen LogP) is 4.01. The van der Waals surface area contributed by atoms with Gasteiger partial charge in [-0.2, -0.15) is 0 Å². The first kappa shape index (κ1) is 14.0. The van der Waals surface area contributed by atoms with Crippen molar-refractivity contribution < 1.29 is 4.74 Å². The second-order valence-corrected chi connectivity index (χ2v) is 5.90. The van der Waals surface area contributed by atoms with Crippen LogP contribution in [-0.2, 0) is 0 Å². The minimum atomic E-state index is 0.543. The molecule has 1 aliphatic heterocycles. The van der Waals surface area contributed by atoms with Crippen LogP contribution in [-0.4, -0.2) is 19.7 Å². The second kappa shape index (κ2) is 6.65. The summed E-state index contributed by atoms with van der Waals surface area (Å²) >= 11 is 11.8. The molecule has 100 valence electrons. The Morgan fingerprint density at radius 3 is 2.89 bits per heavy atom. The van der Waals surface area contributed by atoms with E-state index in [0.717, 1.165) is 31.4 Å². The number of rotatable bonds is 5. The number of nitrogens with one attached hydrogen (secondary N) is 1. The average molecular weight is 288 g/mol. The van der Waals surface area contributed by atoms with E-state index in [-0.39, 0.29) is 0 Å². The van der Waals surface area contributed by atoms with Crippen molar-refractivity contribution in [2.45, 2.75) is 19.8 Å². The SMILES string of the molecule is C[C@@H](COc1ccc(Cl)c(Cl)c1)C[C@@H]1CCNC1. The molecule has 0 spiro atoms. The van der Waals surface area contributed by atoms with Crippen molar-refractivity contribution in [2.24, 2.45) is 11.8 Å². The van der Waals surface area contributed by atoms with Crippen molar-refractivity contribution in [3.8, 4) is 5.75 Å². The third-order valence-corrected chi connectivity index (χ3v) is 4.06. The zero-order chi connectivity index (χ0) is 13.0. The van der Waals surface area contributed by atoms with Gasteiger partial charge < -0.3 is 10.1 Å².